The minimum atomic E-state index is -0.780. The molecule has 1 aliphatic rings. The molecule has 9 heteroatoms. The molecule has 0 radical (unpaired) electrons. The third-order valence-electron chi connectivity index (χ3n) is 4.06. The summed E-state index contributed by atoms with van der Waals surface area (Å²) in [5.41, 5.74) is 0.178. The number of aliphatic hydroxyl groups is 1. The van der Waals surface area contributed by atoms with Crippen LogP contribution < -0.4 is 10.2 Å². The van der Waals surface area contributed by atoms with Crippen LogP contribution in [0.4, 0.5) is 10.8 Å². The van der Waals surface area contributed by atoms with Crippen molar-refractivity contribution in [3.8, 4) is 11.5 Å². The molecular formula is C18H23ClN4O4. The lowest BCUT2D eigenvalue weighted by Gasteiger charge is -2.35. The molecule has 2 heterocycles. The van der Waals surface area contributed by atoms with Crippen molar-refractivity contribution in [1.82, 2.24) is 15.5 Å². The highest BCUT2D eigenvalue weighted by molar-refractivity contribution is 6.30. The van der Waals surface area contributed by atoms with E-state index < -0.39 is 23.8 Å². The molecule has 2 atom stereocenters. The molecule has 146 valence electrons. The van der Waals surface area contributed by atoms with Crippen LogP contribution in [0.5, 0.6) is 0 Å². The Morgan fingerprint density at radius 3 is 2.67 bits per heavy atom. The monoisotopic (exact) mass is 394 g/mol. The summed E-state index contributed by atoms with van der Waals surface area (Å²) in [5.74, 6) is 0.380. The summed E-state index contributed by atoms with van der Waals surface area (Å²) in [6.45, 7) is 6.20. The van der Waals surface area contributed by atoms with Crippen molar-refractivity contribution in [2.75, 3.05) is 18.0 Å². The van der Waals surface area contributed by atoms with Crippen molar-refractivity contribution in [2.45, 2.75) is 44.9 Å². The number of rotatable bonds is 3. The molecule has 0 aliphatic carbocycles. The van der Waals surface area contributed by atoms with E-state index in [2.05, 4.69) is 15.5 Å². The predicted octanol–water partition coefficient (Wildman–Crippen LogP) is 2.85. The van der Waals surface area contributed by atoms with Crippen LogP contribution in [0.15, 0.2) is 28.7 Å². The Kier molecular flexibility index (Phi) is 5.57. The number of aromatic nitrogens is 2. The maximum atomic E-state index is 11.9. The molecule has 0 saturated carbocycles. The van der Waals surface area contributed by atoms with Gasteiger partial charge >= 0.3 is 12.1 Å². The highest BCUT2D eigenvalue weighted by atomic mass is 35.5. The molecule has 1 aromatic carbocycles. The van der Waals surface area contributed by atoms with Gasteiger partial charge in [-0.1, -0.05) is 16.7 Å². The van der Waals surface area contributed by atoms with Crippen molar-refractivity contribution in [3.05, 3.63) is 29.3 Å². The van der Waals surface area contributed by atoms with E-state index in [0.29, 0.717) is 29.9 Å². The highest BCUT2D eigenvalue weighted by Crippen LogP contribution is 2.25. The lowest BCUT2D eigenvalue weighted by Crippen LogP contribution is -2.54. The summed E-state index contributed by atoms with van der Waals surface area (Å²) >= 11 is 5.89. The van der Waals surface area contributed by atoms with Gasteiger partial charge in [0.15, 0.2) is 0 Å². The van der Waals surface area contributed by atoms with Gasteiger partial charge in [-0.3, -0.25) is 0 Å². The van der Waals surface area contributed by atoms with Gasteiger partial charge in [-0.05, 0) is 51.5 Å². The second-order valence-electron chi connectivity index (χ2n) is 7.45. The molecule has 2 aromatic rings. The fourth-order valence-corrected chi connectivity index (χ4v) is 2.91. The molecule has 0 bridgehead atoms. The average Bonchev–Trinajstić information content (AvgIpc) is 3.05. The van der Waals surface area contributed by atoms with E-state index in [1.165, 1.54) is 0 Å². The van der Waals surface area contributed by atoms with Crippen LogP contribution in [0.25, 0.3) is 11.5 Å². The van der Waals surface area contributed by atoms with Gasteiger partial charge in [0.05, 0.1) is 18.7 Å². The number of benzene rings is 1. The standard InChI is InChI=1S/C18H23ClN4O4/c1-18(2,3)27-17(25)20-13-8-9-23(10-14(13)24)16-22-21-15(26-16)11-4-6-12(19)7-5-11/h4-7,13-14,24H,8-10H2,1-3H3,(H,20,25)/t13-,14-/m1/s1. The van der Waals surface area contributed by atoms with Crippen LogP contribution in [0, 0.1) is 0 Å². The largest absolute Gasteiger partial charge is 0.444 e. The lowest BCUT2D eigenvalue weighted by molar-refractivity contribution is 0.0400. The first-order valence-electron chi connectivity index (χ1n) is 8.73. The van der Waals surface area contributed by atoms with Crippen molar-refractivity contribution < 1.29 is 19.1 Å². The Morgan fingerprint density at radius 2 is 2.04 bits per heavy atom. The molecule has 27 heavy (non-hydrogen) atoms. The number of ether oxygens (including phenoxy) is 1. The molecule has 1 saturated heterocycles. The fraction of sp³-hybridized carbons (Fsp3) is 0.500. The van der Waals surface area contributed by atoms with Gasteiger partial charge in [0.1, 0.15) is 5.60 Å². The van der Waals surface area contributed by atoms with Gasteiger partial charge < -0.3 is 24.5 Å². The van der Waals surface area contributed by atoms with Crippen LogP contribution >= 0.6 is 11.6 Å². The van der Waals surface area contributed by atoms with Gasteiger partial charge in [-0.2, -0.15) is 0 Å². The van der Waals surface area contributed by atoms with E-state index in [1.807, 2.05) is 0 Å². The second-order valence-corrected chi connectivity index (χ2v) is 7.89. The van der Waals surface area contributed by atoms with Crippen LogP contribution in [-0.4, -0.2) is 52.2 Å². The van der Waals surface area contributed by atoms with Crippen molar-refractivity contribution in [2.24, 2.45) is 0 Å². The molecule has 3 rings (SSSR count). The number of piperidine rings is 1. The maximum absolute atomic E-state index is 11.9. The summed E-state index contributed by atoms with van der Waals surface area (Å²) in [6.07, 6.45) is -0.793. The van der Waals surface area contributed by atoms with Gasteiger partial charge in [0.2, 0.25) is 5.89 Å². The van der Waals surface area contributed by atoms with Crippen LogP contribution in [0.3, 0.4) is 0 Å². The first-order valence-corrected chi connectivity index (χ1v) is 9.11. The highest BCUT2D eigenvalue weighted by Gasteiger charge is 2.32. The summed E-state index contributed by atoms with van der Waals surface area (Å²) in [6, 6.07) is 7.03. The quantitative estimate of drug-likeness (QED) is 0.825. The van der Waals surface area contributed by atoms with Crippen molar-refractivity contribution in [3.63, 3.8) is 0 Å². The van der Waals surface area contributed by atoms with E-state index in [0.717, 1.165) is 5.56 Å². The Bertz CT molecular complexity index is 787. The molecule has 1 aromatic heterocycles. The number of alkyl carbamates (subject to hydrolysis) is 1. The number of nitrogens with one attached hydrogen (secondary N) is 1. The number of anilines is 1. The Balaban J connectivity index is 1.60. The SMILES string of the molecule is CC(C)(C)OC(=O)N[C@@H]1CCN(c2nnc(-c3ccc(Cl)cc3)o2)C[C@H]1O. The molecule has 0 unspecified atom stereocenters. The van der Waals surface area contributed by atoms with Gasteiger partial charge in [-0.15, -0.1) is 5.10 Å². The Labute approximate surface area is 162 Å². The zero-order valence-corrected chi connectivity index (χ0v) is 16.2. The van der Waals surface area contributed by atoms with Gasteiger partial charge in [-0.25, -0.2) is 4.79 Å². The van der Waals surface area contributed by atoms with E-state index in [-0.39, 0.29) is 6.54 Å². The molecule has 8 nitrogen and oxygen atoms in total. The van der Waals surface area contributed by atoms with Gasteiger partial charge in [0, 0.05) is 17.1 Å². The van der Waals surface area contributed by atoms with E-state index in [4.69, 9.17) is 20.8 Å². The molecule has 1 fully saturated rings. The number of amides is 1. The number of nitrogens with zero attached hydrogens (tertiary/aromatic N) is 3. The summed E-state index contributed by atoms with van der Waals surface area (Å²) < 4.78 is 11.0. The minimum absolute atomic E-state index is 0.267. The second kappa shape index (κ2) is 7.74. The van der Waals surface area contributed by atoms with E-state index >= 15 is 0 Å². The fourth-order valence-electron chi connectivity index (χ4n) is 2.79. The van der Waals surface area contributed by atoms with E-state index in [1.54, 1.807) is 49.9 Å². The normalized spacial score (nSPS) is 20.4. The number of hydrogen-bond donors (Lipinski definition) is 2. The van der Waals surface area contributed by atoms with Gasteiger partial charge in [0.25, 0.3) is 0 Å². The molecule has 0 spiro atoms. The van der Waals surface area contributed by atoms with Crippen molar-refractivity contribution in [1.29, 1.82) is 0 Å². The van der Waals surface area contributed by atoms with Crippen LogP contribution in [0.1, 0.15) is 27.2 Å². The van der Waals surface area contributed by atoms with Crippen LogP contribution in [0.2, 0.25) is 5.02 Å². The number of carbonyl (C=O) groups excluding carboxylic acids is 1. The summed E-state index contributed by atoms with van der Waals surface area (Å²) in [4.78, 5) is 13.7. The molecular weight excluding hydrogens is 372 g/mol. The number of aliphatic hydroxyl groups excluding tert-OH is 1. The minimum Gasteiger partial charge on any atom is -0.444 e. The lowest BCUT2D eigenvalue weighted by atomic mass is 10.0. The predicted molar refractivity (Wildman–Crippen MR) is 101 cm³/mol. The van der Waals surface area contributed by atoms with Crippen molar-refractivity contribution >= 4 is 23.7 Å². The third kappa shape index (κ3) is 5.11. The first-order chi connectivity index (χ1) is 12.7. The molecule has 2 N–H and O–H groups in total. The number of halogens is 1. The number of β-amino-alcohol motifs (C(OH)–C–C–N with tert-alkyl or cyclic N) is 1. The van der Waals surface area contributed by atoms with Crippen LogP contribution in [-0.2, 0) is 4.74 Å². The molecule has 1 aliphatic heterocycles. The zero-order chi connectivity index (χ0) is 19.6. The average molecular weight is 395 g/mol. The maximum Gasteiger partial charge on any atom is 0.407 e. The number of hydrogen-bond acceptors (Lipinski definition) is 7. The zero-order valence-electron chi connectivity index (χ0n) is 15.5. The summed E-state index contributed by atoms with van der Waals surface area (Å²) in [7, 11) is 0. The topological polar surface area (TPSA) is 101 Å². The number of carbonyl (C=O) groups is 1. The summed E-state index contributed by atoms with van der Waals surface area (Å²) in [5, 5.41) is 21.8. The molecule has 1 amide bonds. The Morgan fingerprint density at radius 1 is 1.33 bits per heavy atom. The first kappa shape index (κ1) is 19.4. The smallest absolute Gasteiger partial charge is 0.407 e. The van der Waals surface area contributed by atoms with E-state index in [9.17, 15) is 9.90 Å². The third-order valence-corrected chi connectivity index (χ3v) is 4.31. The Hall–Kier alpha value is -2.32.